The summed E-state index contributed by atoms with van der Waals surface area (Å²) in [4.78, 5) is 11.6. The summed E-state index contributed by atoms with van der Waals surface area (Å²) in [5.74, 6) is 0.810. The second kappa shape index (κ2) is 6.35. The average molecular weight is 294 g/mol. The van der Waals surface area contributed by atoms with Crippen molar-refractivity contribution in [2.24, 2.45) is 0 Å². The van der Waals surface area contributed by atoms with E-state index < -0.39 is 0 Å². The van der Waals surface area contributed by atoms with Crippen molar-refractivity contribution in [1.82, 2.24) is 9.88 Å². The molecule has 0 saturated heterocycles. The van der Waals surface area contributed by atoms with Crippen LogP contribution in [0.15, 0.2) is 60.8 Å². The lowest BCUT2D eigenvalue weighted by atomic mass is 10.2. The molecule has 2 aromatic carbocycles. The average Bonchev–Trinajstić information content (AvgIpc) is 2.97. The second-order valence-electron chi connectivity index (χ2n) is 5.08. The van der Waals surface area contributed by atoms with E-state index in [-0.39, 0.29) is 5.91 Å². The largest absolute Gasteiger partial charge is 0.488 e. The third-order valence-corrected chi connectivity index (χ3v) is 3.60. The van der Waals surface area contributed by atoms with Crippen LogP contribution in [0.1, 0.15) is 5.56 Å². The maximum Gasteiger partial charge on any atom is 0.239 e. The Morgan fingerprint density at radius 1 is 1.09 bits per heavy atom. The number of amides is 1. The number of hydrogen-bond acceptors (Lipinski definition) is 2. The fourth-order valence-electron chi connectivity index (χ4n) is 2.43. The van der Waals surface area contributed by atoms with Crippen molar-refractivity contribution in [2.45, 2.75) is 13.2 Å². The summed E-state index contributed by atoms with van der Waals surface area (Å²) in [6.45, 7) is 0.836. The highest BCUT2D eigenvalue weighted by Gasteiger charge is 2.08. The second-order valence-corrected chi connectivity index (χ2v) is 5.08. The topological polar surface area (TPSA) is 43.3 Å². The predicted molar refractivity (Wildman–Crippen MR) is 86.8 cm³/mol. The normalized spacial score (nSPS) is 10.6. The van der Waals surface area contributed by atoms with Crippen LogP contribution in [-0.4, -0.2) is 17.5 Å². The van der Waals surface area contributed by atoms with E-state index in [9.17, 15) is 4.79 Å². The summed E-state index contributed by atoms with van der Waals surface area (Å²) >= 11 is 0. The quantitative estimate of drug-likeness (QED) is 0.786. The highest BCUT2D eigenvalue weighted by atomic mass is 16.5. The van der Waals surface area contributed by atoms with Crippen LogP contribution < -0.4 is 10.1 Å². The molecular formula is C18H18N2O2. The number of hydrogen-bond donors (Lipinski definition) is 1. The van der Waals surface area contributed by atoms with Crippen LogP contribution in [-0.2, 0) is 17.9 Å². The van der Waals surface area contributed by atoms with Crippen molar-refractivity contribution in [3.8, 4) is 5.75 Å². The van der Waals surface area contributed by atoms with E-state index in [1.54, 1.807) is 7.05 Å². The first-order valence-electron chi connectivity index (χ1n) is 7.23. The number of benzene rings is 2. The number of likely N-dealkylation sites (N-methyl/N-ethyl adjacent to an activating group) is 1. The van der Waals surface area contributed by atoms with Gasteiger partial charge in [-0.05, 0) is 23.8 Å². The molecule has 22 heavy (non-hydrogen) atoms. The first-order valence-corrected chi connectivity index (χ1v) is 7.23. The zero-order valence-corrected chi connectivity index (χ0v) is 12.5. The lowest BCUT2D eigenvalue weighted by molar-refractivity contribution is -0.121. The van der Waals surface area contributed by atoms with Gasteiger partial charge in [0.05, 0.1) is 5.52 Å². The Morgan fingerprint density at radius 3 is 2.68 bits per heavy atom. The number of carbonyl (C=O) groups excluding carboxylic acids is 1. The molecule has 4 nitrogen and oxygen atoms in total. The van der Waals surface area contributed by atoms with Gasteiger partial charge in [0.1, 0.15) is 18.9 Å². The summed E-state index contributed by atoms with van der Waals surface area (Å²) in [5.41, 5.74) is 2.12. The minimum atomic E-state index is -0.0203. The van der Waals surface area contributed by atoms with Gasteiger partial charge in [0.15, 0.2) is 0 Å². The summed E-state index contributed by atoms with van der Waals surface area (Å²) < 4.78 is 7.86. The Kier molecular flexibility index (Phi) is 4.10. The molecule has 112 valence electrons. The van der Waals surface area contributed by atoms with Crippen molar-refractivity contribution in [3.63, 3.8) is 0 Å². The van der Waals surface area contributed by atoms with E-state index in [0.29, 0.717) is 13.2 Å². The molecule has 0 spiro atoms. The summed E-state index contributed by atoms with van der Waals surface area (Å²) in [7, 11) is 1.64. The van der Waals surface area contributed by atoms with Gasteiger partial charge < -0.3 is 14.6 Å². The van der Waals surface area contributed by atoms with Crippen LogP contribution >= 0.6 is 0 Å². The van der Waals surface area contributed by atoms with Crippen molar-refractivity contribution in [2.75, 3.05) is 7.05 Å². The maximum absolute atomic E-state index is 11.6. The number of aromatic nitrogens is 1. The fraction of sp³-hybridized carbons (Fsp3) is 0.167. The van der Waals surface area contributed by atoms with Crippen molar-refractivity contribution in [3.05, 3.63) is 66.4 Å². The molecule has 0 aliphatic heterocycles. The minimum absolute atomic E-state index is 0.0203. The van der Waals surface area contributed by atoms with Gasteiger partial charge in [-0.25, -0.2) is 0 Å². The molecular weight excluding hydrogens is 276 g/mol. The third kappa shape index (κ3) is 2.96. The molecule has 4 heteroatoms. The lowest BCUT2D eigenvalue weighted by Crippen LogP contribution is -2.22. The first kappa shape index (κ1) is 14.2. The number of fused-ring (bicyclic) bond motifs is 1. The molecule has 1 amide bonds. The van der Waals surface area contributed by atoms with E-state index in [4.69, 9.17) is 4.74 Å². The van der Waals surface area contributed by atoms with E-state index in [1.807, 2.05) is 65.4 Å². The molecule has 1 aromatic heterocycles. The lowest BCUT2D eigenvalue weighted by Gasteiger charge is -2.09. The zero-order chi connectivity index (χ0) is 15.4. The van der Waals surface area contributed by atoms with Gasteiger partial charge >= 0.3 is 0 Å². The van der Waals surface area contributed by atoms with Crippen LogP contribution in [0.3, 0.4) is 0 Å². The maximum atomic E-state index is 11.6. The van der Waals surface area contributed by atoms with Gasteiger partial charge in [0.2, 0.25) is 5.91 Å². The standard InChI is InChI=1S/C18H18N2O2/c1-19-18(21)12-20-11-10-15-16(20)8-5-9-17(15)22-13-14-6-3-2-4-7-14/h2-11H,12-13H2,1H3,(H,19,21). The molecule has 0 atom stereocenters. The molecule has 0 aliphatic rings. The van der Waals surface area contributed by atoms with Gasteiger partial charge in [-0.1, -0.05) is 36.4 Å². The Morgan fingerprint density at radius 2 is 1.91 bits per heavy atom. The van der Waals surface area contributed by atoms with E-state index in [0.717, 1.165) is 22.2 Å². The van der Waals surface area contributed by atoms with E-state index in [2.05, 4.69) is 5.32 Å². The van der Waals surface area contributed by atoms with Crippen LogP contribution in [0, 0.1) is 0 Å². The molecule has 3 aromatic rings. The fourth-order valence-corrected chi connectivity index (χ4v) is 2.43. The van der Waals surface area contributed by atoms with Gasteiger partial charge in [0, 0.05) is 18.6 Å². The number of rotatable bonds is 5. The molecule has 0 unspecified atom stereocenters. The number of nitrogens with zero attached hydrogens (tertiary/aromatic N) is 1. The summed E-state index contributed by atoms with van der Waals surface area (Å²) in [5, 5.41) is 3.65. The molecule has 1 heterocycles. The van der Waals surface area contributed by atoms with Crippen molar-refractivity contribution in [1.29, 1.82) is 0 Å². The van der Waals surface area contributed by atoms with Crippen LogP contribution in [0.4, 0.5) is 0 Å². The van der Waals surface area contributed by atoms with Crippen molar-refractivity contribution < 1.29 is 9.53 Å². The number of nitrogens with one attached hydrogen (secondary N) is 1. The SMILES string of the molecule is CNC(=O)Cn1ccc2c(OCc3ccccc3)cccc21. The predicted octanol–water partition coefficient (Wildman–Crippen LogP) is 2.97. The molecule has 0 radical (unpaired) electrons. The molecule has 3 rings (SSSR count). The van der Waals surface area contributed by atoms with Crippen LogP contribution in [0.2, 0.25) is 0 Å². The summed E-state index contributed by atoms with van der Waals surface area (Å²) in [6, 6.07) is 17.9. The number of ether oxygens (including phenoxy) is 1. The first-order chi connectivity index (χ1) is 10.8. The molecule has 1 N–H and O–H groups in total. The van der Waals surface area contributed by atoms with Gasteiger partial charge in [0.25, 0.3) is 0 Å². The Hall–Kier alpha value is -2.75. The Balaban J connectivity index is 1.83. The van der Waals surface area contributed by atoms with Gasteiger partial charge in [-0.15, -0.1) is 0 Å². The summed E-state index contributed by atoms with van der Waals surface area (Å²) in [6.07, 6.45) is 1.91. The third-order valence-electron chi connectivity index (χ3n) is 3.60. The molecule has 0 aliphatic carbocycles. The van der Waals surface area contributed by atoms with Gasteiger partial charge in [-0.2, -0.15) is 0 Å². The van der Waals surface area contributed by atoms with Gasteiger partial charge in [-0.3, -0.25) is 4.79 Å². The highest BCUT2D eigenvalue weighted by Crippen LogP contribution is 2.27. The van der Waals surface area contributed by atoms with E-state index in [1.165, 1.54) is 0 Å². The monoisotopic (exact) mass is 294 g/mol. The number of carbonyl (C=O) groups is 1. The van der Waals surface area contributed by atoms with Crippen LogP contribution in [0.5, 0.6) is 5.75 Å². The Labute approximate surface area is 129 Å². The minimum Gasteiger partial charge on any atom is -0.488 e. The van der Waals surface area contributed by atoms with Crippen LogP contribution in [0.25, 0.3) is 10.9 Å². The molecule has 0 fully saturated rings. The smallest absolute Gasteiger partial charge is 0.239 e. The zero-order valence-electron chi connectivity index (χ0n) is 12.5. The van der Waals surface area contributed by atoms with Crippen molar-refractivity contribution >= 4 is 16.8 Å². The highest BCUT2D eigenvalue weighted by molar-refractivity contribution is 5.88. The molecule has 0 bridgehead atoms. The molecule has 0 saturated carbocycles. The van der Waals surface area contributed by atoms with E-state index >= 15 is 0 Å². The Bertz CT molecular complexity index is 778.